The lowest BCUT2D eigenvalue weighted by atomic mass is 10.1. The fourth-order valence-corrected chi connectivity index (χ4v) is 1.13. The molecule has 0 N–H and O–H groups in total. The molecule has 2 nitrogen and oxygen atoms in total. The number of ether oxygens (including phenoxy) is 1. The van der Waals surface area contributed by atoms with Gasteiger partial charge in [-0.3, -0.25) is 0 Å². The van der Waals surface area contributed by atoms with Crippen LogP contribution in [0.15, 0.2) is 0 Å². The number of aldehydes is 1. The second-order valence-corrected chi connectivity index (χ2v) is 3.31. The molecular weight excluding hydrogens is 128 g/mol. The summed E-state index contributed by atoms with van der Waals surface area (Å²) in [6.07, 6.45) is 4.06. The molecule has 0 saturated carbocycles. The van der Waals surface area contributed by atoms with Crippen molar-refractivity contribution in [3.05, 3.63) is 0 Å². The van der Waals surface area contributed by atoms with E-state index in [0.29, 0.717) is 12.5 Å². The number of carbonyl (C=O) groups excluding carboxylic acids is 1. The molecule has 0 aromatic carbocycles. The molecule has 0 amide bonds. The molecule has 2 heteroatoms. The number of unbranched alkanes of at least 4 members (excludes halogenated alkanes) is 1. The normalized spacial score (nSPS) is 28.0. The third-order valence-electron chi connectivity index (χ3n) is 1.95. The summed E-state index contributed by atoms with van der Waals surface area (Å²) in [5.74, 6) is 0. The Bertz CT molecular complexity index is 129. The Morgan fingerprint density at radius 3 is 2.60 bits per heavy atom. The molecule has 58 valence electrons. The van der Waals surface area contributed by atoms with Gasteiger partial charge in [0, 0.05) is 6.42 Å². The average Bonchev–Trinajstić information content (AvgIpc) is 2.41. The topological polar surface area (TPSA) is 29.6 Å². The van der Waals surface area contributed by atoms with Crippen molar-refractivity contribution in [2.24, 2.45) is 0 Å². The molecule has 1 aliphatic heterocycles. The zero-order chi connectivity index (χ0) is 7.61. The first-order valence-electron chi connectivity index (χ1n) is 3.78. The summed E-state index contributed by atoms with van der Waals surface area (Å²) in [7, 11) is 0. The van der Waals surface area contributed by atoms with Gasteiger partial charge in [-0.05, 0) is 26.7 Å². The van der Waals surface area contributed by atoms with Gasteiger partial charge in [0.05, 0.1) is 11.7 Å². The Labute approximate surface area is 61.6 Å². The summed E-state index contributed by atoms with van der Waals surface area (Å²) in [5.41, 5.74) is 0.100. The van der Waals surface area contributed by atoms with Crippen LogP contribution in [0, 0.1) is 0 Å². The first-order chi connectivity index (χ1) is 4.67. The third kappa shape index (κ3) is 1.81. The summed E-state index contributed by atoms with van der Waals surface area (Å²) in [6, 6.07) is 0. The van der Waals surface area contributed by atoms with Gasteiger partial charge in [-0.15, -0.1) is 0 Å². The Morgan fingerprint density at radius 2 is 2.20 bits per heavy atom. The van der Waals surface area contributed by atoms with Crippen molar-refractivity contribution in [2.45, 2.75) is 44.8 Å². The third-order valence-corrected chi connectivity index (χ3v) is 1.95. The minimum Gasteiger partial charge on any atom is -0.367 e. The molecule has 1 rings (SSSR count). The lowest BCUT2D eigenvalue weighted by Gasteiger charge is -1.93. The van der Waals surface area contributed by atoms with Gasteiger partial charge in [0.25, 0.3) is 0 Å². The van der Waals surface area contributed by atoms with Gasteiger partial charge in [0.1, 0.15) is 6.29 Å². The number of hydrogen-bond acceptors (Lipinski definition) is 2. The van der Waals surface area contributed by atoms with Crippen LogP contribution in [-0.2, 0) is 9.53 Å². The maximum atomic E-state index is 9.93. The first-order valence-corrected chi connectivity index (χ1v) is 3.78. The number of rotatable bonds is 4. The summed E-state index contributed by atoms with van der Waals surface area (Å²) in [6.45, 7) is 4.16. The van der Waals surface area contributed by atoms with Crippen molar-refractivity contribution >= 4 is 6.29 Å². The van der Waals surface area contributed by atoms with Crippen molar-refractivity contribution in [2.75, 3.05) is 0 Å². The van der Waals surface area contributed by atoms with E-state index in [4.69, 9.17) is 4.74 Å². The van der Waals surface area contributed by atoms with Crippen LogP contribution in [0.2, 0.25) is 0 Å². The molecule has 1 atom stereocenters. The zero-order valence-electron chi connectivity index (χ0n) is 6.59. The molecule has 0 radical (unpaired) electrons. The van der Waals surface area contributed by atoms with Crippen molar-refractivity contribution in [3.63, 3.8) is 0 Å². The molecule has 1 heterocycles. The minimum atomic E-state index is 0.100. The number of hydrogen-bond donors (Lipinski definition) is 0. The maximum absolute atomic E-state index is 9.93. The van der Waals surface area contributed by atoms with E-state index in [0.717, 1.165) is 19.1 Å². The monoisotopic (exact) mass is 142 g/mol. The molecule has 0 bridgehead atoms. The van der Waals surface area contributed by atoms with Crippen LogP contribution in [0.4, 0.5) is 0 Å². The van der Waals surface area contributed by atoms with E-state index in [2.05, 4.69) is 13.8 Å². The van der Waals surface area contributed by atoms with Gasteiger partial charge in [-0.25, -0.2) is 0 Å². The van der Waals surface area contributed by atoms with Gasteiger partial charge in [0.2, 0.25) is 0 Å². The number of carbonyl (C=O) groups is 1. The molecule has 0 aromatic heterocycles. The van der Waals surface area contributed by atoms with E-state index in [1.165, 1.54) is 0 Å². The SMILES string of the molecule is CC1(C)O[C@@H]1CCCC=O. The highest BCUT2D eigenvalue weighted by Crippen LogP contribution is 2.38. The van der Waals surface area contributed by atoms with Crippen LogP contribution in [0.3, 0.4) is 0 Å². The predicted octanol–water partition coefficient (Wildman–Crippen LogP) is 1.53. The van der Waals surface area contributed by atoms with Crippen LogP contribution >= 0.6 is 0 Å². The second-order valence-electron chi connectivity index (χ2n) is 3.31. The highest BCUT2D eigenvalue weighted by molar-refractivity contribution is 5.48. The molecule has 0 unspecified atom stereocenters. The largest absolute Gasteiger partial charge is 0.367 e. The number of epoxide rings is 1. The zero-order valence-corrected chi connectivity index (χ0v) is 6.59. The van der Waals surface area contributed by atoms with Crippen LogP contribution in [0.1, 0.15) is 33.1 Å². The second kappa shape index (κ2) is 2.70. The molecule has 1 fully saturated rings. The van der Waals surface area contributed by atoms with Crippen LogP contribution in [-0.4, -0.2) is 18.0 Å². The predicted molar refractivity (Wildman–Crippen MR) is 38.9 cm³/mol. The average molecular weight is 142 g/mol. The molecular formula is C8H14O2. The maximum Gasteiger partial charge on any atom is 0.119 e. The molecule has 0 spiro atoms. The fraction of sp³-hybridized carbons (Fsp3) is 0.875. The standard InChI is InChI=1S/C8H14O2/c1-8(2)7(10-8)5-3-4-6-9/h6-7H,3-5H2,1-2H3/t7-/m1/s1. The quantitative estimate of drug-likeness (QED) is 0.338. The highest BCUT2D eigenvalue weighted by atomic mass is 16.6. The first kappa shape index (κ1) is 7.73. The van der Waals surface area contributed by atoms with Gasteiger partial charge < -0.3 is 9.53 Å². The molecule has 0 aliphatic carbocycles. The lowest BCUT2D eigenvalue weighted by molar-refractivity contribution is -0.107. The molecule has 10 heavy (non-hydrogen) atoms. The molecule has 0 aromatic rings. The Kier molecular flexibility index (Phi) is 2.09. The van der Waals surface area contributed by atoms with Gasteiger partial charge >= 0.3 is 0 Å². The van der Waals surface area contributed by atoms with Crippen molar-refractivity contribution in [1.29, 1.82) is 0 Å². The smallest absolute Gasteiger partial charge is 0.119 e. The van der Waals surface area contributed by atoms with E-state index in [1.807, 2.05) is 0 Å². The lowest BCUT2D eigenvalue weighted by Crippen LogP contribution is -2.02. The molecule has 1 aliphatic rings. The van der Waals surface area contributed by atoms with Crippen LogP contribution in [0.25, 0.3) is 0 Å². The van der Waals surface area contributed by atoms with Gasteiger partial charge in [0.15, 0.2) is 0 Å². The summed E-state index contributed by atoms with van der Waals surface area (Å²) in [4.78, 5) is 9.93. The summed E-state index contributed by atoms with van der Waals surface area (Å²) >= 11 is 0. The molecule has 1 saturated heterocycles. The summed E-state index contributed by atoms with van der Waals surface area (Å²) < 4.78 is 5.33. The summed E-state index contributed by atoms with van der Waals surface area (Å²) in [5, 5.41) is 0. The van der Waals surface area contributed by atoms with E-state index in [1.54, 1.807) is 0 Å². The van der Waals surface area contributed by atoms with Crippen molar-refractivity contribution < 1.29 is 9.53 Å². The van der Waals surface area contributed by atoms with Gasteiger partial charge in [-0.1, -0.05) is 0 Å². The van der Waals surface area contributed by atoms with E-state index in [-0.39, 0.29) is 5.60 Å². The Morgan fingerprint density at radius 1 is 1.60 bits per heavy atom. The Balaban J connectivity index is 2.02. The Hall–Kier alpha value is -0.370. The highest BCUT2D eigenvalue weighted by Gasteiger charge is 2.46. The van der Waals surface area contributed by atoms with E-state index >= 15 is 0 Å². The van der Waals surface area contributed by atoms with Crippen LogP contribution in [0.5, 0.6) is 0 Å². The fourth-order valence-electron chi connectivity index (χ4n) is 1.13. The van der Waals surface area contributed by atoms with Crippen LogP contribution < -0.4 is 0 Å². The van der Waals surface area contributed by atoms with E-state index < -0.39 is 0 Å². The van der Waals surface area contributed by atoms with Crippen molar-refractivity contribution in [3.8, 4) is 0 Å². The van der Waals surface area contributed by atoms with Gasteiger partial charge in [-0.2, -0.15) is 0 Å². The van der Waals surface area contributed by atoms with Crippen molar-refractivity contribution in [1.82, 2.24) is 0 Å². The minimum absolute atomic E-state index is 0.100. The van der Waals surface area contributed by atoms with E-state index in [9.17, 15) is 4.79 Å².